The molecule has 0 unspecified atom stereocenters. The second kappa shape index (κ2) is 7.53. The van der Waals surface area contributed by atoms with Crippen molar-refractivity contribution in [1.29, 1.82) is 0 Å². The van der Waals surface area contributed by atoms with Gasteiger partial charge in [-0.1, -0.05) is 6.07 Å². The summed E-state index contributed by atoms with van der Waals surface area (Å²) in [5.74, 6) is 0.766. The summed E-state index contributed by atoms with van der Waals surface area (Å²) in [7, 11) is 0. The molecular formula is C17H23N3O. The number of nitrogen functional groups attached to an aromatic ring is 1. The minimum absolute atomic E-state index is 0.141. The summed E-state index contributed by atoms with van der Waals surface area (Å²) in [5.41, 5.74) is 9.01. The summed E-state index contributed by atoms with van der Waals surface area (Å²) >= 11 is 0. The van der Waals surface area contributed by atoms with E-state index in [4.69, 9.17) is 10.5 Å². The Balaban J connectivity index is 1.79. The van der Waals surface area contributed by atoms with Crippen LogP contribution in [0.5, 0.6) is 5.75 Å². The van der Waals surface area contributed by atoms with Crippen LogP contribution in [0.4, 0.5) is 11.4 Å². The van der Waals surface area contributed by atoms with Crippen molar-refractivity contribution in [2.75, 3.05) is 17.6 Å². The van der Waals surface area contributed by atoms with Gasteiger partial charge < -0.3 is 15.8 Å². The molecule has 4 nitrogen and oxygen atoms in total. The second-order valence-electron chi connectivity index (χ2n) is 5.31. The summed E-state index contributed by atoms with van der Waals surface area (Å²) in [6, 6.07) is 9.98. The summed E-state index contributed by atoms with van der Waals surface area (Å²) in [5, 5.41) is 3.35. The third-order valence-electron chi connectivity index (χ3n) is 3.07. The van der Waals surface area contributed by atoms with Crippen LogP contribution >= 0.6 is 0 Å². The maximum Gasteiger partial charge on any atom is 0.142 e. The van der Waals surface area contributed by atoms with Gasteiger partial charge in [-0.3, -0.25) is 4.98 Å². The first kappa shape index (κ1) is 15.2. The molecule has 0 spiro atoms. The molecule has 0 saturated carbocycles. The summed E-state index contributed by atoms with van der Waals surface area (Å²) in [6.45, 7) is 4.91. The molecule has 0 radical (unpaired) electrons. The van der Waals surface area contributed by atoms with Crippen LogP contribution in [0.3, 0.4) is 0 Å². The van der Waals surface area contributed by atoms with Crippen LogP contribution in [0.1, 0.15) is 25.8 Å². The number of ether oxygens (including phenoxy) is 1. The summed E-state index contributed by atoms with van der Waals surface area (Å²) < 4.78 is 5.64. The van der Waals surface area contributed by atoms with Crippen molar-refractivity contribution in [3.05, 3.63) is 48.3 Å². The zero-order chi connectivity index (χ0) is 15.1. The summed E-state index contributed by atoms with van der Waals surface area (Å²) in [4.78, 5) is 4.07. The van der Waals surface area contributed by atoms with E-state index >= 15 is 0 Å². The SMILES string of the molecule is CC(C)Oc1ccc(CCCNc2cccnc2)cc1N. The van der Waals surface area contributed by atoms with Crippen LogP contribution < -0.4 is 15.8 Å². The third kappa shape index (κ3) is 4.99. The van der Waals surface area contributed by atoms with E-state index in [0.29, 0.717) is 5.69 Å². The number of rotatable bonds is 7. The minimum atomic E-state index is 0.141. The van der Waals surface area contributed by atoms with Gasteiger partial charge >= 0.3 is 0 Å². The van der Waals surface area contributed by atoms with Crippen LogP contribution in [-0.2, 0) is 6.42 Å². The molecule has 0 saturated heterocycles. The number of hydrogen-bond acceptors (Lipinski definition) is 4. The third-order valence-corrected chi connectivity index (χ3v) is 3.07. The molecular weight excluding hydrogens is 262 g/mol. The number of aryl methyl sites for hydroxylation is 1. The van der Waals surface area contributed by atoms with E-state index < -0.39 is 0 Å². The summed E-state index contributed by atoms with van der Waals surface area (Å²) in [6.07, 6.45) is 5.77. The standard InChI is InChI=1S/C17H23N3O/c1-13(2)21-17-8-7-14(11-16(17)18)5-3-10-20-15-6-4-9-19-12-15/h4,6-9,11-13,20H,3,5,10,18H2,1-2H3. The van der Waals surface area contributed by atoms with Crippen LogP contribution in [-0.4, -0.2) is 17.6 Å². The van der Waals surface area contributed by atoms with Gasteiger partial charge in [-0.2, -0.15) is 0 Å². The van der Waals surface area contributed by atoms with Crippen LogP contribution in [0.15, 0.2) is 42.7 Å². The van der Waals surface area contributed by atoms with Gasteiger partial charge in [0.1, 0.15) is 5.75 Å². The van der Waals surface area contributed by atoms with Gasteiger partial charge in [0.25, 0.3) is 0 Å². The van der Waals surface area contributed by atoms with E-state index in [1.54, 1.807) is 6.20 Å². The number of nitrogens with one attached hydrogen (secondary N) is 1. The normalized spacial score (nSPS) is 10.6. The Hall–Kier alpha value is -2.23. The van der Waals surface area contributed by atoms with Gasteiger partial charge in [-0.15, -0.1) is 0 Å². The molecule has 0 aliphatic heterocycles. The molecule has 0 bridgehead atoms. The highest BCUT2D eigenvalue weighted by atomic mass is 16.5. The molecule has 21 heavy (non-hydrogen) atoms. The Kier molecular flexibility index (Phi) is 5.43. The van der Waals surface area contributed by atoms with Gasteiger partial charge in [0.15, 0.2) is 0 Å². The van der Waals surface area contributed by atoms with Crippen molar-refractivity contribution in [2.24, 2.45) is 0 Å². The Labute approximate surface area is 126 Å². The van der Waals surface area contributed by atoms with Crippen LogP contribution in [0.25, 0.3) is 0 Å². The monoisotopic (exact) mass is 285 g/mol. The van der Waals surface area contributed by atoms with Gasteiger partial charge in [0.05, 0.1) is 17.5 Å². The lowest BCUT2D eigenvalue weighted by atomic mass is 10.1. The number of pyridine rings is 1. The van der Waals surface area contributed by atoms with E-state index in [1.807, 2.05) is 44.3 Å². The number of anilines is 2. The highest BCUT2D eigenvalue weighted by molar-refractivity contribution is 5.54. The Morgan fingerprint density at radius 3 is 2.81 bits per heavy atom. The number of benzene rings is 1. The zero-order valence-electron chi connectivity index (χ0n) is 12.7. The van der Waals surface area contributed by atoms with Crippen molar-refractivity contribution in [3.63, 3.8) is 0 Å². The van der Waals surface area contributed by atoms with E-state index in [2.05, 4.69) is 16.4 Å². The highest BCUT2D eigenvalue weighted by Gasteiger charge is 2.04. The molecule has 0 aliphatic rings. The molecule has 1 aromatic heterocycles. The number of aromatic nitrogens is 1. The number of nitrogens with two attached hydrogens (primary N) is 1. The van der Waals surface area contributed by atoms with Gasteiger partial charge in [0.2, 0.25) is 0 Å². The molecule has 2 rings (SSSR count). The lowest BCUT2D eigenvalue weighted by Gasteiger charge is -2.13. The molecule has 1 aromatic carbocycles. The van der Waals surface area contributed by atoms with Gasteiger partial charge in [0, 0.05) is 18.9 Å². The predicted molar refractivity (Wildman–Crippen MR) is 87.7 cm³/mol. The first-order valence-corrected chi connectivity index (χ1v) is 7.34. The van der Waals surface area contributed by atoms with E-state index in [1.165, 1.54) is 5.56 Å². The molecule has 2 aromatic rings. The molecule has 0 amide bonds. The van der Waals surface area contributed by atoms with E-state index in [-0.39, 0.29) is 6.10 Å². The lowest BCUT2D eigenvalue weighted by molar-refractivity contribution is 0.244. The quantitative estimate of drug-likeness (QED) is 0.604. The maximum atomic E-state index is 6.02. The smallest absolute Gasteiger partial charge is 0.142 e. The fourth-order valence-corrected chi connectivity index (χ4v) is 2.11. The second-order valence-corrected chi connectivity index (χ2v) is 5.31. The first-order chi connectivity index (χ1) is 10.1. The fourth-order valence-electron chi connectivity index (χ4n) is 2.11. The average Bonchev–Trinajstić information content (AvgIpc) is 2.47. The van der Waals surface area contributed by atoms with E-state index in [0.717, 1.165) is 30.8 Å². The Bertz CT molecular complexity index is 555. The lowest BCUT2D eigenvalue weighted by Crippen LogP contribution is -2.08. The maximum absolute atomic E-state index is 6.02. The Morgan fingerprint density at radius 1 is 1.29 bits per heavy atom. The van der Waals surface area contributed by atoms with E-state index in [9.17, 15) is 0 Å². The molecule has 4 heteroatoms. The van der Waals surface area contributed by atoms with Gasteiger partial charge in [-0.05, 0) is 56.5 Å². The predicted octanol–water partition coefficient (Wildman–Crippen LogP) is 3.50. The topological polar surface area (TPSA) is 60.2 Å². The minimum Gasteiger partial charge on any atom is -0.489 e. The zero-order valence-corrected chi connectivity index (χ0v) is 12.7. The number of hydrogen-bond donors (Lipinski definition) is 2. The van der Waals surface area contributed by atoms with Crippen molar-refractivity contribution >= 4 is 11.4 Å². The molecule has 112 valence electrons. The fraction of sp³-hybridized carbons (Fsp3) is 0.353. The van der Waals surface area contributed by atoms with Crippen molar-refractivity contribution in [1.82, 2.24) is 4.98 Å². The first-order valence-electron chi connectivity index (χ1n) is 7.34. The van der Waals surface area contributed by atoms with Gasteiger partial charge in [-0.25, -0.2) is 0 Å². The molecule has 1 heterocycles. The molecule has 0 fully saturated rings. The average molecular weight is 285 g/mol. The van der Waals surface area contributed by atoms with Crippen molar-refractivity contribution < 1.29 is 4.74 Å². The van der Waals surface area contributed by atoms with Crippen molar-refractivity contribution in [3.8, 4) is 5.75 Å². The highest BCUT2D eigenvalue weighted by Crippen LogP contribution is 2.24. The van der Waals surface area contributed by atoms with Crippen LogP contribution in [0.2, 0.25) is 0 Å². The Morgan fingerprint density at radius 2 is 2.14 bits per heavy atom. The molecule has 0 atom stereocenters. The largest absolute Gasteiger partial charge is 0.489 e. The van der Waals surface area contributed by atoms with Crippen molar-refractivity contribution in [2.45, 2.75) is 32.8 Å². The molecule has 3 N–H and O–H groups in total. The molecule has 0 aliphatic carbocycles. The van der Waals surface area contributed by atoms with Crippen LogP contribution in [0, 0.1) is 0 Å². The number of nitrogens with zero attached hydrogens (tertiary/aromatic N) is 1.